The van der Waals surface area contributed by atoms with E-state index in [0.29, 0.717) is 21.8 Å². The van der Waals surface area contributed by atoms with E-state index in [-0.39, 0.29) is 17.7 Å². The fraction of sp³-hybridized carbons (Fsp3) is 0.0500. The van der Waals surface area contributed by atoms with Crippen LogP contribution >= 0.6 is 0 Å². The van der Waals surface area contributed by atoms with Crippen LogP contribution in [-0.4, -0.2) is 21.6 Å². The van der Waals surface area contributed by atoms with Crippen LogP contribution in [0.2, 0.25) is 0 Å². The van der Waals surface area contributed by atoms with Gasteiger partial charge in [-0.2, -0.15) is 5.10 Å². The molecule has 0 unspecified atom stereocenters. The summed E-state index contributed by atoms with van der Waals surface area (Å²) in [6.45, 7) is -0.0725. The average molecular weight is 390 g/mol. The lowest BCUT2D eigenvalue weighted by Gasteiger charge is -2.14. The van der Waals surface area contributed by atoms with Gasteiger partial charge in [0.1, 0.15) is 11.5 Å². The largest absolute Gasteiger partial charge is 0.433 e. The number of hydrogen-bond donors (Lipinski definition) is 1. The molecule has 0 bridgehead atoms. The highest BCUT2D eigenvalue weighted by Crippen LogP contribution is 2.19. The van der Waals surface area contributed by atoms with Crippen molar-refractivity contribution in [2.24, 2.45) is 5.10 Å². The number of carbonyl (C=O) groups excluding carboxylic acids is 1. The molecular weight excluding hydrogens is 376 g/mol. The maximum Gasteiger partial charge on any atom is 0.433 e. The maximum atomic E-state index is 12.7. The number of nitrogens with zero attached hydrogens (tertiary/aromatic N) is 3. The Morgan fingerprint density at radius 1 is 1.07 bits per heavy atom. The molecule has 1 N–H and O–H groups in total. The Morgan fingerprint density at radius 3 is 2.28 bits per heavy atom. The lowest BCUT2D eigenvalue weighted by Crippen LogP contribution is -2.25. The first-order valence-corrected chi connectivity index (χ1v) is 8.61. The van der Waals surface area contributed by atoms with Gasteiger partial charge in [-0.25, -0.2) is 5.43 Å². The normalized spacial score (nSPS) is 11.3. The van der Waals surface area contributed by atoms with E-state index in [2.05, 4.69) is 10.5 Å². The SMILES string of the molecule is O=C(Cn1c2ccccc2c(=O)c2ccccc21)N/N=C\c1ccc([N+](=O)[O-])o1. The molecule has 0 saturated carbocycles. The van der Waals surface area contributed by atoms with Crippen molar-refractivity contribution in [3.63, 3.8) is 0 Å². The standard InChI is InChI=1S/C20H14N4O5/c25-18(22-21-11-13-9-10-19(29-13)24(27)28)12-23-16-7-3-1-5-14(16)20(26)15-6-2-4-8-17(15)23/h1-11H,12H2,(H,22,25)/b21-11-. The molecule has 4 aromatic rings. The Kier molecular flexibility index (Phi) is 4.62. The second-order valence-electron chi connectivity index (χ2n) is 6.18. The van der Waals surface area contributed by atoms with Gasteiger partial charge in [-0.3, -0.25) is 19.7 Å². The van der Waals surface area contributed by atoms with Crippen molar-refractivity contribution < 1.29 is 14.1 Å². The molecule has 1 amide bonds. The summed E-state index contributed by atoms with van der Waals surface area (Å²) in [6.07, 6.45) is 1.17. The van der Waals surface area contributed by atoms with Crippen LogP contribution in [0.1, 0.15) is 5.76 Å². The number of para-hydroxylation sites is 2. The van der Waals surface area contributed by atoms with Crippen LogP contribution in [0.4, 0.5) is 5.88 Å². The molecule has 2 aromatic carbocycles. The van der Waals surface area contributed by atoms with E-state index in [9.17, 15) is 19.7 Å². The Balaban J connectivity index is 1.62. The minimum absolute atomic E-state index is 0.0725. The van der Waals surface area contributed by atoms with Crippen molar-refractivity contribution in [1.82, 2.24) is 9.99 Å². The molecule has 0 aliphatic carbocycles. The van der Waals surface area contributed by atoms with Crippen molar-refractivity contribution in [2.75, 3.05) is 0 Å². The smallest absolute Gasteiger partial charge is 0.400 e. The number of pyridine rings is 1. The monoisotopic (exact) mass is 390 g/mol. The molecule has 0 radical (unpaired) electrons. The van der Waals surface area contributed by atoms with Crippen molar-refractivity contribution >= 4 is 39.8 Å². The molecule has 0 spiro atoms. The Bertz CT molecular complexity index is 1280. The van der Waals surface area contributed by atoms with E-state index in [1.807, 2.05) is 0 Å². The zero-order valence-corrected chi connectivity index (χ0v) is 14.9. The van der Waals surface area contributed by atoms with E-state index in [4.69, 9.17) is 4.42 Å². The highest BCUT2D eigenvalue weighted by atomic mass is 16.6. The third-order valence-electron chi connectivity index (χ3n) is 4.35. The Labute approximate surface area is 163 Å². The van der Waals surface area contributed by atoms with Crippen LogP contribution in [-0.2, 0) is 11.3 Å². The first-order chi connectivity index (χ1) is 14.0. The van der Waals surface area contributed by atoms with Gasteiger partial charge in [0.2, 0.25) is 0 Å². The Hall–Kier alpha value is -4.27. The van der Waals surface area contributed by atoms with Crippen LogP contribution in [0, 0.1) is 10.1 Å². The first-order valence-electron chi connectivity index (χ1n) is 8.61. The summed E-state index contributed by atoms with van der Waals surface area (Å²) in [4.78, 5) is 35.1. The number of furan rings is 1. The lowest BCUT2D eigenvalue weighted by atomic mass is 10.1. The van der Waals surface area contributed by atoms with Crippen LogP contribution in [0.15, 0.2) is 75.0 Å². The highest BCUT2D eigenvalue weighted by molar-refractivity contribution is 5.95. The molecule has 144 valence electrons. The van der Waals surface area contributed by atoms with Gasteiger partial charge in [-0.05, 0) is 30.3 Å². The third-order valence-corrected chi connectivity index (χ3v) is 4.35. The predicted octanol–water partition coefficient (Wildman–Crippen LogP) is 2.81. The number of hydrogen-bond acceptors (Lipinski definition) is 6. The molecular formula is C20H14N4O5. The number of amides is 1. The quantitative estimate of drug-likeness (QED) is 0.243. The van der Waals surface area contributed by atoms with E-state index in [0.717, 1.165) is 0 Å². The molecule has 0 aliphatic heterocycles. The van der Waals surface area contributed by atoms with Crippen LogP contribution in [0.25, 0.3) is 21.8 Å². The summed E-state index contributed by atoms with van der Waals surface area (Å²) in [6, 6.07) is 16.7. The van der Waals surface area contributed by atoms with Crippen LogP contribution < -0.4 is 10.9 Å². The second-order valence-corrected chi connectivity index (χ2v) is 6.18. The zero-order chi connectivity index (χ0) is 20.4. The summed E-state index contributed by atoms with van der Waals surface area (Å²) in [7, 11) is 0. The highest BCUT2D eigenvalue weighted by Gasteiger charge is 2.13. The van der Waals surface area contributed by atoms with Crippen molar-refractivity contribution in [2.45, 2.75) is 6.54 Å². The topological polar surface area (TPSA) is 120 Å². The van der Waals surface area contributed by atoms with Crippen molar-refractivity contribution in [1.29, 1.82) is 0 Å². The number of fused-ring (bicyclic) bond motifs is 2. The summed E-state index contributed by atoms with van der Waals surface area (Å²) in [5, 5.41) is 15.4. The summed E-state index contributed by atoms with van der Waals surface area (Å²) < 4.78 is 6.68. The van der Waals surface area contributed by atoms with Crippen molar-refractivity contribution in [3.8, 4) is 0 Å². The zero-order valence-electron chi connectivity index (χ0n) is 14.9. The number of benzene rings is 2. The molecule has 0 atom stereocenters. The number of rotatable bonds is 5. The minimum Gasteiger partial charge on any atom is -0.400 e. The van der Waals surface area contributed by atoms with Gasteiger partial charge < -0.3 is 8.98 Å². The van der Waals surface area contributed by atoms with Gasteiger partial charge in [0.05, 0.1) is 23.3 Å². The molecule has 2 aromatic heterocycles. The fourth-order valence-corrected chi connectivity index (χ4v) is 3.10. The lowest BCUT2D eigenvalue weighted by molar-refractivity contribution is -0.402. The molecule has 29 heavy (non-hydrogen) atoms. The number of hydrazone groups is 1. The van der Waals surface area contributed by atoms with Gasteiger partial charge in [0.25, 0.3) is 5.91 Å². The average Bonchev–Trinajstić information content (AvgIpc) is 3.20. The summed E-state index contributed by atoms with van der Waals surface area (Å²) >= 11 is 0. The number of nitro groups is 1. The minimum atomic E-state index is -0.664. The number of nitrogens with one attached hydrogen (secondary N) is 1. The van der Waals surface area contributed by atoms with Gasteiger partial charge in [-0.1, -0.05) is 24.3 Å². The molecule has 0 fully saturated rings. The van der Waals surface area contributed by atoms with Crippen LogP contribution in [0.3, 0.4) is 0 Å². The number of aromatic nitrogens is 1. The number of carbonyl (C=O) groups is 1. The van der Waals surface area contributed by atoms with E-state index < -0.39 is 16.7 Å². The van der Waals surface area contributed by atoms with Gasteiger partial charge in [0, 0.05) is 10.8 Å². The van der Waals surface area contributed by atoms with Crippen molar-refractivity contribution in [3.05, 3.63) is 86.8 Å². The summed E-state index contributed by atoms with van der Waals surface area (Å²) in [5.74, 6) is -0.707. The third kappa shape index (κ3) is 3.48. The molecule has 0 aliphatic rings. The molecule has 9 nitrogen and oxygen atoms in total. The molecule has 0 saturated heterocycles. The first kappa shape index (κ1) is 18.1. The van der Waals surface area contributed by atoms with Gasteiger partial charge in [0.15, 0.2) is 11.2 Å². The van der Waals surface area contributed by atoms with E-state index in [1.165, 1.54) is 18.3 Å². The van der Waals surface area contributed by atoms with E-state index >= 15 is 0 Å². The maximum absolute atomic E-state index is 12.7. The predicted molar refractivity (Wildman–Crippen MR) is 107 cm³/mol. The fourth-order valence-electron chi connectivity index (χ4n) is 3.10. The molecule has 4 rings (SSSR count). The van der Waals surface area contributed by atoms with Gasteiger partial charge in [-0.15, -0.1) is 0 Å². The van der Waals surface area contributed by atoms with Gasteiger partial charge >= 0.3 is 5.88 Å². The van der Waals surface area contributed by atoms with E-state index in [1.54, 1.807) is 53.1 Å². The summed E-state index contributed by atoms with van der Waals surface area (Å²) in [5.41, 5.74) is 3.54. The molecule has 2 heterocycles. The van der Waals surface area contributed by atoms with Crippen LogP contribution in [0.5, 0.6) is 0 Å². The second kappa shape index (κ2) is 7.39. The molecule has 9 heteroatoms. The Morgan fingerprint density at radius 2 is 1.69 bits per heavy atom.